The van der Waals surface area contributed by atoms with Crippen molar-refractivity contribution in [2.45, 2.75) is 96.5 Å². The number of aromatic nitrogens is 2. The molecule has 0 unspecified atom stereocenters. The van der Waals surface area contributed by atoms with Crippen LogP contribution in [0.3, 0.4) is 0 Å². The van der Waals surface area contributed by atoms with Gasteiger partial charge in [-0.25, -0.2) is 4.98 Å². The number of esters is 1. The monoisotopic (exact) mass is 459 g/mol. The number of ether oxygens (including phenoxy) is 1. The zero-order valence-corrected chi connectivity index (χ0v) is 21.9. The van der Waals surface area contributed by atoms with Crippen LogP contribution in [0.15, 0.2) is 18.2 Å². The van der Waals surface area contributed by atoms with E-state index >= 15 is 0 Å². The quantitative estimate of drug-likeness (QED) is 0.375. The molecule has 6 nitrogen and oxygen atoms in total. The number of anilines is 1. The fourth-order valence-corrected chi connectivity index (χ4v) is 11.5. The number of hydrogen-bond acceptors (Lipinski definition) is 5. The molecular formula is C25H41N3O3Si. The molecule has 3 rings (SSSR count). The number of rotatable bonds is 8. The number of nitrogens with zero attached hydrogens (tertiary/aromatic N) is 2. The van der Waals surface area contributed by atoms with Crippen molar-refractivity contribution < 1.29 is 14.0 Å². The number of carbonyl (C=O) groups excluding carboxylic acids is 1. The first-order valence-corrected chi connectivity index (χ1v) is 14.2. The number of hydrogen-bond donors (Lipinski definition) is 1. The molecule has 1 aliphatic rings. The minimum atomic E-state index is -1.93. The molecule has 0 aliphatic heterocycles. The molecule has 0 amide bonds. The van der Waals surface area contributed by atoms with Gasteiger partial charge in [-0.3, -0.25) is 4.79 Å². The fourth-order valence-electron chi connectivity index (χ4n) is 6.08. The summed E-state index contributed by atoms with van der Waals surface area (Å²) in [6.07, 6.45) is 3.45. The van der Waals surface area contributed by atoms with E-state index in [0.29, 0.717) is 29.2 Å². The van der Waals surface area contributed by atoms with E-state index < -0.39 is 8.32 Å². The highest BCUT2D eigenvalue weighted by Crippen LogP contribution is 2.43. The van der Waals surface area contributed by atoms with Crippen molar-refractivity contribution in [2.24, 2.45) is 5.92 Å². The molecule has 2 aromatic rings. The number of carbonyl (C=O) groups is 1. The van der Waals surface area contributed by atoms with E-state index in [0.717, 1.165) is 36.7 Å². The van der Waals surface area contributed by atoms with Gasteiger partial charge in [-0.2, -0.15) is 0 Å². The molecule has 0 saturated heterocycles. The Morgan fingerprint density at radius 1 is 1.09 bits per heavy atom. The third-order valence-electron chi connectivity index (χ3n) is 7.57. The summed E-state index contributed by atoms with van der Waals surface area (Å²) >= 11 is 0. The van der Waals surface area contributed by atoms with Crippen LogP contribution >= 0.6 is 0 Å². The Balaban J connectivity index is 1.84. The van der Waals surface area contributed by atoms with Crippen molar-refractivity contribution >= 4 is 31.3 Å². The van der Waals surface area contributed by atoms with E-state index in [9.17, 15) is 4.79 Å². The fraction of sp³-hybridized carbons (Fsp3) is 0.680. The molecular weight excluding hydrogens is 418 g/mol. The summed E-state index contributed by atoms with van der Waals surface area (Å²) in [5.41, 5.74) is 11.2. The lowest BCUT2D eigenvalue weighted by Gasteiger charge is -2.42. The van der Waals surface area contributed by atoms with Crippen LogP contribution in [0, 0.1) is 5.92 Å². The highest BCUT2D eigenvalue weighted by Gasteiger charge is 2.45. The van der Waals surface area contributed by atoms with Gasteiger partial charge in [0.05, 0.1) is 30.7 Å². The van der Waals surface area contributed by atoms with Gasteiger partial charge < -0.3 is 19.5 Å². The lowest BCUT2D eigenvalue weighted by Crippen LogP contribution is -2.47. The standard InChI is InChI=1S/C25H41N3O3Si/c1-16(2)32(17(3)4,18(5)6)31-15-19-8-13-22-23(14-19)28(25(26)27-22)21-11-9-20(10-12-21)24(29)30-7/h8,13-14,16-18,20-21H,9-12,15H2,1-7H3,(H2,26,27)/t20-,21+. The molecule has 0 spiro atoms. The first-order valence-electron chi connectivity index (χ1n) is 12.1. The zero-order chi connectivity index (χ0) is 23.6. The maximum absolute atomic E-state index is 11.9. The molecule has 0 bridgehead atoms. The molecule has 1 aromatic heterocycles. The molecule has 1 saturated carbocycles. The second-order valence-corrected chi connectivity index (χ2v) is 15.8. The Morgan fingerprint density at radius 2 is 1.69 bits per heavy atom. The highest BCUT2D eigenvalue weighted by atomic mass is 28.4. The lowest BCUT2D eigenvalue weighted by molar-refractivity contribution is -0.146. The minimum Gasteiger partial charge on any atom is -0.469 e. The Hall–Kier alpha value is -1.86. The van der Waals surface area contributed by atoms with E-state index in [-0.39, 0.29) is 17.9 Å². The number of nitrogens with two attached hydrogens (primary N) is 1. The maximum atomic E-state index is 11.9. The van der Waals surface area contributed by atoms with Gasteiger partial charge >= 0.3 is 5.97 Å². The number of imidazole rings is 1. The highest BCUT2D eigenvalue weighted by molar-refractivity contribution is 6.77. The van der Waals surface area contributed by atoms with Crippen molar-refractivity contribution in [3.05, 3.63) is 23.8 Å². The van der Waals surface area contributed by atoms with Crippen LogP contribution in [0.4, 0.5) is 5.95 Å². The van der Waals surface area contributed by atoms with Gasteiger partial charge in [0.1, 0.15) is 0 Å². The first-order chi connectivity index (χ1) is 15.1. The first kappa shape index (κ1) is 24.8. The second kappa shape index (κ2) is 9.95. The third kappa shape index (κ3) is 4.60. The van der Waals surface area contributed by atoms with Crippen LogP contribution in [0.5, 0.6) is 0 Å². The van der Waals surface area contributed by atoms with Crippen molar-refractivity contribution in [3.63, 3.8) is 0 Å². The smallest absolute Gasteiger partial charge is 0.308 e. The molecule has 0 atom stereocenters. The lowest BCUT2D eigenvalue weighted by atomic mass is 9.86. The maximum Gasteiger partial charge on any atom is 0.308 e. The number of benzene rings is 1. The predicted molar refractivity (Wildman–Crippen MR) is 133 cm³/mol. The van der Waals surface area contributed by atoms with E-state index in [4.69, 9.17) is 14.9 Å². The van der Waals surface area contributed by atoms with Crippen LogP contribution in [0.25, 0.3) is 11.0 Å². The van der Waals surface area contributed by atoms with Gasteiger partial charge in [0.15, 0.2) is 0 Å². The van der Waals surface area contributed by atoms with Gasteiger partial charge in [0, 0.05) is 6.04 Å². The second-order valence-electron chi connectivity index (χ2n) is 10.3. The normalized spacial score (nSPS) is 19.9. The van der Waals surface area contributed by atoms with Crippen LogP contribution in [0.2, 0.25) is 16.6 Å². The summed E-state index contributed by atoms with van der Waals surface area (Å²) in [6, 6.07) is 6.63. The van der Waals surface area contributed by atoms with Crippen LogP contribution < -0.4 is 5.73 Å². The summed E-state index contributed by atoms with van der Waals surface area (Å²) in [4.78, 5) is 16.5. The summed E-state index contributed by atoms with van der Waals surface area (Å²) in [5.74, 6) is 0.451. The van der Waals surface area contributed by atoms with Gasteiger partial charge in [0.2, 0.25) is 14.3 Å². The molecule has 7 heteroatoms. The van der Waals surface area contributed by atoms with E-state index in [1.165, 1.54) is 12.7 Å². The van der Waals surface area contributed by atoms with Gasteiger partial charge in [-0.05, 0) is 60.0 Å². The Bertz CT molecular complexity index is 908. The van der Waals surface area contributed by atoms with Crippen LogP contribution in [0.1, 0.15) is 78.8 Å². The van der Waals surface area contributed by atoms with E-state index in [1.807, 2.05) is 0 Å². The third-order valence-corrected chi connectivity index (χ3v) is 13.6. The van der Waals surface area contributed by atoms with Gasteiger partial charge in [-0.1, -0.05) is 47.6 Å². The van der Waals surface area contributed by atoms with Crippen LogP contribution in [-0.2, 0) is 20.6 Å². The molecule has 178 valence electrons. The van der Waals surface area contributed by atoms with Crippen molar-refractivity contribution in [3.8, 4) is 0 Å². The molecule has 2 N–H and O–H groups in total. The average Bonchev–Trinajstić information content (AvgIpc) is 3.08. The Kier molecular flexibility index (Phi) is 7.71. The number of nitrogen functional groups attached to an aromatic ring is 1. The molecule has 0 radical (unpaired) electrons. The topological polar surface area (TPSA) is 79.4 Å². The summed E-state index contributed by atoms with van der Waals surface area (Å²) in [6.45, 7) is 14.5. The van der Waals surface area contributed by atoms with E-state index in [1.54, 1.807) is 0 Å². The minimum absolute atomic E-state index is 0.00240. The Morgan fingerprint density at radius 3 is 2.22 bits per heavy atom. The largest absolute Gasteiger partial charge is 0.469 e. The SMILES string of the molecule is COC(=O)[C@H]1CC[C@@H](n2c(N)nc3ccc(CO[Si](C(C)C)(C(C)C)C(C)C)cc32)CC1. The molecule has 1 aromatic carbocycles. The van der Waals surface area contributed by atoms with Crippen molar-refractivity contribution in [1.29, 1.82) is 0 Å². The van der Waals surface area contributed by atoms with Crippen molar-refractivity contribution in [1.82, 2.24) is 9.55 Å². The summed E-state index contributed by atoms with van der Waals surface area (Å²) in [7, 11) is -0.465. The van der Waals surface area contributed by atoms with Crippen molar-refractivity contribution in [2.75, 3.05) is 12.8 Å². The van der Waals surface area contributed by atoms with Gasteiger partial charge in [0.25, 0.3) is 0 Å². The molecule has 1 fully saturated rings. The summed E-state index contributed by atoms with van der Waals surface area (Å²) < 4.78 is 13.9. The number of methoxy groups -OCH3 is 1. The van der Waals surface area contributed by atoms with E-state index in [2.05, 4.69) is 69.3 Å². The predicted octanol–water partition coefficient (Wildman–Crippen LogP) is 6.21. The Labute approximate surface area is 194 Å². The molecule has 1 aliphatic carbocycles. The average molecular weight is 460 g/mol. The zero-order valence-electron chi connectivity index (χ0n) is 20.9. The van der Waals surface area contributed by atoms with Gasteiger partial charge in [-0.15, -0.1) is 0 Å². The van der Waals surface area contributed by atoms with Crippen LogP contribution in [-0.4, -0.2) is 30.9 Å². The molecule has 1 heterocycles. The molecule has 32 heavy (non-hydrogen) atoms. The summed E-state index contributed by atoms with van der Waals surface area (Å²) in [5, 5.41) is 0. The number of fused-ring (bicyclic) bond motifs is 1.